The zero-order chi connectivity index (χ0) is 25.1. The van der Waals surface area contributed by atoms with Gasteiger partial charge in [-0.25, -0.2) is 17.6 Å². The van der Waals surface area contributed by atoms with Crippen LogP contribution < -0.4 is 5.32 Å². The van der Waals surface area contributed by atoms with Gasteiger partial charge in [-0.05, 0) is 55.0 Å². The van der Waals surface area contributed by atoms with Gasteiger partial charge < -0.3 is 14.5 Å². The summed E-state index contributed by atoms with van der Waals surface area (Å²) >= 11 is 0. The van der Waals surface area contributed by atoms with Gasteiger partial charge in [0, 0.05) is 19.0 Å². The number of carbonyl (C=O) groups is 2. The zero-order valence-electron chi connectivity index (χ0n) is 19.8. The molecular formula is C24H31FN2O6S. The van der Waals surface area contributed by atoms with E-state index in [1.807, 2.05) is 20.8 Å². The average molecular weight is 495 g/mol. The molecule has 2 heterocycles. The van der Waals surface area contributed by atoms with Crippen LogP contribution >= 0.6 is 0 Å². The molecule has 0 aliphatic carbocycles. The van der Waals surface area contributed by atoms with E-state index in [4.69, 9.17) is 9.15 Å². The summed E-state index contributed by atoms with van der Waals surface area (Å²) in [7, 11) is -3.94. The van der Waals surface area contributed by atoms with Crippen molar-refractivity contribution in [1.82, 2.24) is 9.62 Å². The minimum Gasteiger partial charge on any atom is -0.460 e. The molecule has 1 saturated heterocycles. The summed E-state index contributed by atoms with van der Waals surface area (Å²) in [4.78, 5) is 24.8. The number of furan rings is 1. The summed E-state index contributed by atoms with van der Waals surface area (Å²) in [5.74, 6) is -1.77. The van der Waals surface area contributed by atoms with Crippen LogP contribution in [0.1, 0.15) is 62.7 Å². The lowest BCUT2D eigenvalue weighted by Crippen LogP contribution is -2.45. The number of sulfonamides is 1. The predicted octanol–water partition coefficient (Wildman–Crippen LogP) is 3.90. The van der Waals surface area contributed by atoms with Gasteiger partial charge >= 0.3 is 5.97 Å². The van der Waals surface area contributed by atoms with Crippen LogP contribution in [-0.4, -0.2) is 44.3 Å². The van der Waals surface area contributed by atoms with E-state index in [1.54, 1.807) is 19.1 Å². The molecular weight excluding hydrogens is 463 g/mol. The molecule has 1 aliphatic rings. The summed E-state index contributed by atoms with van der Waals surface area (Å²) in [6.07, 6.45) is 0.688. The van der Waals surface area contributed by atoms with E-state index in [1.165, 1.54) is 28.6 Å². The van der Waals surface area contributed by atoms with Crippen molar-refractivity contribution in [1.29, 1.82) is 0 Å². The van der Waals surface area contributed by atoms with Crippen molar-refractivity contribution in [2.45, 2.75) is 51.7 Å². The number of piperidine rings is 1. The maximum absolute atomic E-state index is 13.4. The number of halogens is 1. The highest BCUT2D eigenvalue weighted by Gasteiger charge is 2.36. The molecule has 1 aromatic carbocycles. The molecule has 1 atom stereocenters. The quantitative estimate of drug-likeness (QED) is 0.585. The number of hydrogen-bond donors (Lipinski definition) is 1. The second-order valence-electron chi connectivity index (χ2n) is 9.38. The summed E-state index contributed by atoms with van der Waals surface area (Å²) in [5, 5.41) is 2.75. The van der Waals surface area contributed by atoms with Crippen molar-refractivity contribution in [2.24, 2.45) is 11.3 Å². The van der Waals surface area contributed by atoms with E-state index in [0.717, 1.165) is 5.56 Å². The Kier molecular flexibility index (Phi) is 7.82. The molecule has 1 aliphatic heterocycles. The Morgan fingerprint density at radius 2 is 1.76 bits per heavy atom. The standard InChI is InChI=1S/C24H31FN2O6S/c1-5-32-23(29)19-10-11-20(33-19)34(30,31)27-14-12-17(13-15-27)22(28)26-21(24(2,3)4)16-6-8-18(25)9-7-16/h6-11,17,21H,5,12-15H2,1-4H3,(H,26,28). The number of carbonyl (C=O) groups excluding carboxylic acids is 2. The lowest BCUT2D eigenvalue weighted by molar-refractivity contribution is -0.127. The van der Waals surface area contributed by atoms with Gasteiger partial charge in [0.05, 0.1) is 12.6 Å². The summed E-state index contributed by atoms with van der Waals surface area (Å²) in [6, 6.07) is 8.23. The first-order valence-corrected chi connectivity index (χ1v) is 12.7. The fourth-order valence-electron chi connectivity index (χ4n) is 3.97. The van der Waals surface area contributed by atoms with Crippen molar-refractivity contribution >= 4 is 21.9 Å². The third-order valence-electron chi connectivity index (χ3n) is 5.83. The molecule has 1 amide bonds. The third kappa shape index (κ3) is 5.85. The first-order valence-electron chi connectivity index (χ1n) is 11.3. The third-order valence-corrected chi connectivity index (χ3v) is 7.61. The predicted molar refractivity (Wildman–Crippen MR) is 123 cm³/mol. The summed E-state index contributed by atoms with van der Waals surface area (Å²) in [6.45, 7) is 8.05. The van der Waals surface area contributed by atoms with Crippen molar-refractivity contribution in [3.8, 4) is 0 Å². The maximum Gasteiger partial charge on any atom is 0.374 e. The molecule has 1 fully saturated rings. The Balaban J connectivity index is 1.64. The number of ether oxygens (including phenoxy) is 1. The van der Waals surface area contributed by atoms with Gasteiger partial charge in [0.25, 0.3) is 10.0 Å². The highest BCUT2D eigenvalue weighted by molar-refractivity contribution is 7.89. The Hall–Kier alpha value is -2.72. The van der Waals surface area contributed by atoms with E-state index < -0.39 is 16.0 Å². The zero-order valence-corrected chi connectivity index (χ0v) is 20.7. The molecule has 2 aromatic rings. The Morgan fingerprint density at radius 1 is 1.15 bits per heavy atom. The van der Waals surface area contributed by atoms with Gasteiger partial charge in [0.15, 0.2) is 0 Å². The molecule has 1 unspecified atom stereocenters. The van der Waals surface area contributed by atoms with Gasteiger partial charge in [0.2, 0.25) is 16.8 Å². The van der Waals surface area contributed by atoms with Crippen LogP contribution in [-0.2, 0) is 19.6 Å². The Morgan fingerprint density at radius 3 is 2.32 bits per heavy atom. The maximum atomic E-state index is 13.4. The van der Waals surface area contributed by atoms with Crippen LogP contribution in [0.15, 0.2) is 45.9 Å². The first-order chi connectivity index (χ1) is 15.9. The van der Waals surface area contributed by atoms with Crippen LogP contribution in [0.25, 0.3) is 0 Å². The minimum absolute atomic E-state index is 0.145. The van der Waals surface area contributed by atoms with Crippen molar-refractivity contribution in [2.75, 3.05) is 19.7 Å². The van der Waals surface area contributed by atoms with E-state index in [-0.39, 0.29) is 59.6 Å². The largest absolute Gasteiger partial charge is 0.460 e. The second-order valence-corrected chi connectivity index (χ2v) is 11.2. The van der Waals surface area contributed by atoms with E-state index in [2.05, 4.69) is 5.32 Å². The van der Waals surface area contributed by atoms with Crippen molar-refractivity contribution < 1.29 is 31.6 Å². The molecule has 34 heavy (non-hydrogen) atoms. The smallest absolute Gasteiger partial charge is 0.374 e. The molecule has 0 radical (unpaired) electrons. The number of esters is 1. The first kappa shape index (κ1) is 25.9. The highest BCUT2D eigenvalue weighted by atomic mass is 32.2. The summed E-state index contributed by atoms with van der Waals surface area (Å²) in [5.41, 5.74) is 0.491. The molecule has 10 heteroatoms. The number of hydrogen-bond acceptors (Lipinski definition) is 6. The molecule has 8 nitrogen and oxygen atoms in total. The SMILES string of the molecule is CCOC(=O)c1ccc(S(=O)(=O)N2CCC(C(=O)NC(c3ccc(F)cc3)C(C)(C)C)CC2)o1. The van der Waals surface area contributed by atoms with Crippen LogP contribution in [0.3, 0.4) is 0 Å². The number of benzene rings is 1. The van der Waals surface area contributed by atoms with Crippen molar-refractivity contribution in [3.05, 3.63) is 53.5 Å². The average Bonchev–Trinajstić information content (AvgIpc) is 3.29. The number of rotatable bonds is 7. The Bertz CT molecular complexity index is 1110. The molecule has 186 valence electrons. The number of nitrogens with one attached hydrogen (secondary N) is 1. The topological polar surface area (TPSA) is 106 Å². The van der Waals surface area contributed by atoms with Gasteiger partial charge in [-0.2, -0.15) is 4.31 Å². The van der Waals surface area contributed by atoms with Crippen molar-refractivity contribution in [3.63, 3.8) is 0 Å². The second kappa shape index (κ2) is 10.3. The number of nitrogens with zero attached hydrogens (tertiary/aromatic N) is 1. The van der Waals surface area contributed by atoms with Crippen LogP contribution in [0.4, 0.5) is 4.39 Å². The van der Waals surface area contributed by atoms with E-state index >= 15 is 0 Å². The molecule has 3 rings (SSSR count). The van der Waals surface area contributed by atoms with Gasteiger partial charge in [-0.15, -0.1) is 0 Å². The van der Waals surface area contributed by atoms with E-state index in [9.17, 15) is 22.4 Å². The lowest BCUT2D eigenvalue weighted by Gasteiger charge is -2.35. The highest BCUT2D eigenvalue weighted by Crippen LogP contribution is 2.34. The monoisotopic (exact) mass is 494 g/mol. The van der Waals surface area contributed by atoms with Gasteiger partial charge in [0.1, 0.15) is 5.82 Å². The minimum atomic E-state index is -3.94. The summed E-state index contributed by atoms with van der Waals surface area (Å²) < 4.78 is 50.5. The fraction of sp³-hybridized carbons (Fsp3) is 0.500. The normalized spacial score (nSPS) is 16.7. The van der Waals surface area contributed by atoms with Gasteiger partial charge in [-0.1, -0.05) is 32.9 Å². The molecule has 0 spiro atoms. The van der Waals surface area contributed by atoms with Crippen LogP contribution in [0, 0.1) is 17.2 Å². The Labute approximate surface area is 199 Å². The molecule has 0 saturated carbocycles. The number of amides is 1. The molecule has 0 bridgehead atoms. The van der Waals surface area contributed by atoms with Crippen LogP contribution in [0.2, 0.25) is 0 Å². The lowest BCUT2D eigenvalue weighted by atomic mass is 9.81. The van der Waals surface area contributed by atoms with Gasteiger partial charge in [-0.3, -0.25) is 4.79 Å². The molecule has 1 aromatic heterocycles. The fourth-order valence-corrected chi connectivity index (χ4v) is 5.35. The van der Waals surface area contributed by atoms with Crippen LogP contribution in [0.5, 0.6) is 0 Å². The van der Waals surface area contributed by atoms with E-state index in [0.29, 0.717) is 12.8 Å². The molecule has 1 N–H and O–H groups in total.